The van der Waals surface area contributed by atoms with Crippen LogP contribution in [0.5, 0.6) is 0 Å². The Morgan fingerprint density at radius 1 is 1.32 bits per heavy atom. The van der Waals surface area contributed by atoms with Crippen LogP contribution in [0.3, 0.4) is 0 Å². The average Bonchev–Trinajstić information content (AvgIpc) is 2.34. The molecule has 0 spiro atoms. The van der Waals surface area contributed by atoms with E-state index in [1.165, 1.54) is 25.3 Å². The molecule has 1 atom stereocenters. The third-order valence-corrected chi connectivity index (χ3v) is 3.18. The van der Waals surface area contributed by atoms with E-state index in [1.54, 1.807) is 0 Å². The molecule has 0 aliphatic heterocycles. The summed E-state index contributed by atoms with van der Waals surface area (Å²) in [5, 5.41) is 3.56. The van der Waals surface area contributed by atoms with Crippen LogP contribution in [0.2, 0.25) is 0 Å². The van der Waals surface area contributed by atoms with Gasteiger partial charge in [0.1, 0.15) is 6.10 Å². The zero-order chi connectivity index (χ0) is 14.7. The van der Waals surface area contributed by atoms with E-state index in [2.05, 4.69) is 39.6 Å². The molecule has 0 aliphatic carbocycles. The van der Waals surface area contributed by atoms with Crippen LogP contribution in [-0.4, -0.2) is 24.2 Å². The molecule has 0 amide bonds. The number of nitrogens with one attached hydrogen (secondary N) is 1. The van der Waals surface area contributed by atoms with Gasteiger partial charge in [-0.1, -0.05) is 39.7 Å². The van der Waals surface area contributed by atoms with E-state index in [9.17, 15) is 4.79 Å². The predicted molar refractivity (Wildman–Crippen MR) is 81.2 cm³/mol. The highest BCUT2D eigenvalue weighted by molar-refractivity contribution is 5.81. The van der Waals surface area contributed by atoms with Crippen molar-refractivity contribution in [3.05, 3.63) is 12.7 Å². The summed E-state index contributed by atoms with van der Waals surface area (Å²) < 4.78 is 5.41. The Hall–Kier alpha value is -0.830. The number of carbonyl (C=O) groups is 1. The van der Waals surface area contributed by atoms with E-state index in [4.69, 9.17) is 4.74 Å². The molecule has 0 rings (SSSR count). The number of unbranched alkanes of at least 4 members (excludes halogenated alkanes) is 2. The molecule has 0 saturated carbocycles. The van der Waals surface area contributed by atoms with Gasteiger partial charge in [0.2, 0.25) is 0 Å². The van der Waals surface area contributed by atoms with Gasteiger partial charge in [0.25, 0.3) is 0 Å². The summed E-state index contributed by atoms with van der Waals surface area (Å²) in [5.41, 5.74) is -0.00493. The zero-order valence-electron chi connectivity index (χ0n) is 13.1. The second-order valence-corrected chi connectivity index (χ2v) is 5.77. The molecule has 0 fully saturated rings. The van der Waals surface area contributed by atoms with E-state index in [0.29, 0.717) is 0 Å². The van der Waals surface area contributed by atoms with Gasteiger partial charge >= 0.3 is 5.97 Å². The van der Waals surface area contributed by atoms with Crippen LogP contribution >= 0.6 is 0 Å². The third-order valence-electron chi connectivity index (χ3n) is 3.18. The van der Waals surface area contributed by atoms with Crippen molar-refractivity contribution in [2.24, 2.45) is 0 Å². The van der Waals surface area contributed by atoms with Crippen LogP contribution in [0.1, 0.15) is 66.2 Å². The summed E-state index contributed by atoms with van der Waals surface area (Å²) >= 11 is 0. The maximum atomic E-state index is 11.3. The fourth-order valence-electron chi connectivity index (χ4n) is 2.18. The first-order valence-electron chi connectivity index (χ1n) is 7.53. The van der Waals surface area contributed by atoms with Crippen molar-refractivity contribution in [2.45, 2.75) is 77.9 Å². The van der Waals surface area contributed by atoms with Crippen molar-refractivity contribution in [3.8, 4) is 0 Å². The summed E-state index contributed by atoms with van der Waals surface area (Å²) in [5.74, 6) is -0.319. The Morgan fingerprint density at radius 3 is 2.53 bits per heavy atom. The van der Waals surface area contributed by atoms with Gasteiger partial charge in [-0.2, -0.15) is 0 Å². The molecule has 0 saturated heterocycles. The number of carbonyl (C=O) groups excluding carboxylic acids is 1. The molecule has 0 aromatic rings. The van der Waals surface area contributed by atoms with Gasteiger partial charge in [-0.05, 0) is 33.2 Å². The first-order chi connectivity index (χ1) is 8.95. The minimum atomic E-state index is -0.319. The lowest BCUT2D eigenvalue weighted by atomic mass is 9.94. The lowest BCUT2D eigenvalue weighted by Gasteiger charge is -2.30. The Balaban J connectivity index is 4.21. The van der Waals surface area contributed by atoms with Crippen LogP contribution in [0.25, 0.3) is 0 Å². The first-order valence-corrected chi connectivity index (χ1v) is 7.53. The maximum absolute atomic E-state index is 11.3. The maximum Gasteiger partial charge on any atom is 0.330 e. The molecule has 0 aromatic carbocycles. The van der Waals surface area contributed by atoms with E-state index in [1.807, 2.05) is 0 Å². The molecule has 1 N–H and O–H groups in total. The molecule has 0 bridgehead atoms. The predicted octanol–water partition coefficient (Wildman–Crippen LogP) is 3.83. The largest absolute Gasteiger partial charge is 0.459 e. The van der Waals surface area contributed by atoms with E-state index in [-0.39, 0.29) is 17.6 Å². The average molecular weight is 269 g/mol. The van der Waals surface area contributed by atoms with Crippen molar-refractivity contribution < 1.29 is 9.53 Å². The van der Waals surface area contributed by atoms with Crippen molar-refractivity contribution >= 4 is 5.97 Å². The van der Waals surface area contributed by atoms with Crippen LogP contribution < -0.4 is 5.32 Å². The highest BCUT2D eigenvalue weighted by Gasteiger charge is 2.24. The van der Waals surface area contributed by atoms with Gasteiger partial charge < -0.3 is 10.1 Å². The first kappa shape index (κ1) is 18.2. The third kappa shape index (κ3) is 9.71. The van der Waals surface area contributed by atoms with Crippen LogP contribution in [0, 0.1) is 0 Å². The summed E-state index contributed by atoms with van der Waals surface area (Å²) in [6.07, 6.45) is 7.66. The van der Waals surface area contributed by atoms with Gasteiger partial charge in [0, 0.05) is 18.0 Å². The molecule has 0 heterocycles. The molecular formula is C16H31NO2. The number of hydrogen-bond donors (Lipinski definition) is 1. The topological polar surface area (TPSA) is 38.3 Å². The Morgan fingerprint density at radius 2 is 2.00 bits per heavy atom. The normalized spacial score (nSPS) is 13.1. The Bertz CT molecular complexity index is 261. The highest BCUT2D eigenvalue weighted by Crippen LogP contribution is 2.18. The molecule has 3 nitrogen and oxygen atoms in total. The van der Waals surface area contributed by atoms with Gasteiger partial charge in [0.15, 0.2) is 0 Å². The molecule has 3 heteroatoms. The molecular weight excluding hydrogens is 238 g/mol. The summed E-state index contributed by atoms with van der Waals surface area (Å²) in [4.78, 5) is 11.3. The van der Waals surface area contributed by atoms with E-state index < -0.39 is 0 Å². The van der Waals surface area contributed by atoms with Crippen molar-refractivity contribution in [3.63, 3.8) is 0 Å². The summed E-state index contributed by atoms with van der Waals surface area (Å²) in [6, 6.07) is 0. The quantitative estimate of drug-likeness (QED) is 0.352. The van der Waals surface area contributed by atoms with Crippen molar-refractivity contribution in [1.29, 1.82) is 0 Å². The second-order valence-electron chi connectivity index (χ2n) is 5.77. The van der Waals surface area contributed by atoms with Crippen LogP contribution in [0.15, 0.2) is 12.7 Å². The monoisotopic (exact) mass is 269 g/mol. The fraction of sp³-hybridized carbons (Fsp3) is 0.812. The van der Waals surface area contributed by atoms with Crippen LogP contribution in [-0.2, 0) is 9.53 Å². The van der Waals surface area contributed by atoms with Crippen molar-refractivity contribution in [2.75, 3.05) is 6.54 Å². The molecule has 0 aliphatic rings. The summed E-state index contributed by atoms with van der Waals surface area (Å²) in [7, 11) is 0. The fourth-order valence-corrected chi connectivity index (χ4v) is 2.18. The minimum Gasteiger partial charge on any atom is -0.459 e. The van der Waals surface area contributed by atoms with Gasteiger partial charge in [0.05, 0.1) is 0 Å². The smallest absolute Gasteiger partial charge is 0.330 e. The minimum absolute atomic E-state index is 0.00493. The number of esters is 1. The number of hydrogen-bond acceptors (Lipinski definition) is 3. The second kappa shape index (κ2) is 10.0. The Labute approximate surface area is 118 Å². The molecule has 19 heavy (non-hydrogen) atoms. The highest BCUT2D eigenvalue weighted by atomic mass is 16.5. The van der Waals surface area contributed by atoms with Gasteiger partial charge in [-0.25, -0.2) is 4.79 Å². The van der Waals surface area contributed by atoms with Gasteiger partial charge in [-0.3, -0.25) is 0 Å². The summed E-state index contributed by atoms with van der Waals surface area (Å²) in [6.45, 7) is 13.1. The lowest BCUT2D eigenvalue weighted by Crippen LogP contribution is -2.43. The molecule has 1 unspecified atom stereocenters. The van der Waals surface area contributed by atoms with Crippen molar-refractivity contribution in [1.82, 2.24) is 5.32 Å². The van der Waals surface area contributed by atoms with Crippen LogP contribution in [0.4, 0.5) is 0 Å². The Kier molecular flexibility index (Phi) is 9.58. The van der Waals surface area contributed by atoms with E-state index in [0.717, 1.165) is 25.8 Å². The zero-order valence-corrected chi connectivity index (χ0v) is 13.1. The number of rotatable bonds is 11. The standard InChI is InChI=1S/C16H31NO2/c1-6-9-10-12-17-16(4,5)13-14(11-7-2)19-15(18)8-3/h8,14,17H,3,6-7,9-13H2,1-2,4-5H3. The molecule has 112 valence electrons. The SMILES string of the molecule is C=CC(=O)OC(CCC)CC(C)(C)NCCCCC. The van der Waals surface area contributed by atoms with Gasteiger partial charge in [-0.15, -0.1) is 0 Å². The molecule has 0 radical (unpaired) electrons. The van der Waals surface area contributed by atoms with E-state index >= 15 is 0 Å². The molecule has 0 aromatic heterocycles. The number of ether oxygens (including phenoxy) is 1. The lowest BCUT2D eigenvalue weighted by molar-refractivity contribution is -0.144.